The van der Waals surface area contributed by atoms with E-state index in [0.717, 1.165) is 18.2 Å². The van der Waals surface area contributed by atoms with Crippen molar-refractivity contribution in [2.24, 2.45) is 0 Å². The molecule has 1 amide bonds. The number of carbonyl (C=O) groups is 1. The van der Waals surface area contributed by atoms with Crippen molar-refractivity contribution in [3.8, 4) is 11.5 Å². The number of pyridine rings is 1. The Kier molecular flexibility index (Phi) is 4.94. The molecular weight excluding hydrogens is 332 g/mol. The van der Waals surface area contributed by atoms with E-state index >= 15 is 0 Å². The highest BCUT2D eigenvalue weighted by molar-refractivity contribution is 6.07. The third kappa shape index (κ3) is 3.69. The molecule has 1 aliphatic heterocycles. The van der Waals surface area contributed by atoms with Gasteiger partial charge in [-0.2, -0.15) is 0 Å². The Morgan fingerprint density at radius 2 is 1.77 bits per heavy atom. The van der Waals surface area contributed by atoms with Crippen molar-refractivity contribution in [3.05, 3.63) is 33.7 Å². The molecule has 0 unspecified atom stereocenters. The van der Waals surface area contributed by atoms with E-state index in [1.165, 1.54) is 0 Å². The molecule has 0 bridgehead atoms. The third-order valence-corrected chi connectivity index (χ3v) is 4.29. The van der Waals surface area contributed by atoms with Gasteiger partial charge in [-0.15, -0.1) is 0 Å². The fraction of sp³-hybridized carbons (Fsp3) is 0.500. The van der Waals surface area contributed by atoms with Crippen LogP contribution in [0.2, 0.25) is 0 Å². The van der Waals surface area contributed by atoms with Crippen molar-refractivity contribution < 1.29 is 14.3 Å². The van der Waals surface area contributed by atoms with Crippen LogP contribution in [0.15, 0.2) is 16.9 Å². The second-order valence-electron chi connectivity index (χ2n) is 7.66. The lowest BCUT2D eigenvalue weighted by Gasteiger charge is -2.23. The highest BCUT2D eigenvalue weighted by Gasteiger charge is 2.23. The van der Waals surface area contributed by atoms with E-state index in [1.807, 2.05) is 26.8 Å². The predicted octanol–water partition coefficient (Wildman–Crippen LogP) is 3.17. The maximum atomic E-state index is 12.8. The number of unbranched alkanes of at least 4 members (excludes halogenated alkanes) is 1. The molecule has 2 N–H and O–H groups in total. The van der Waals surface area contributed by atoms with E-state index in [9.17, 15) is 9.59 Å². The molecule has 0 aliphatic carbocycles. The van der Waals surface area contributed by atoms with Gasteiger partial charge in [0.2, 0.25) is 0 Å². The molecule has 2 aromatic rings. The zero-order valence-corrected chi connectivity index (χ0v) is 15.8. The van der Waals surface area contributed by atoms with Crippen LogP contribution in [0.4, 0.5) is 0 Å². The third-order valence-electron chi connectivity index (χ3n) is 4.29. The zero-order valence-electron chi connectivity index (χ0n) is 15.8. The number of fused-ring (bicyclic) bond motifs is 2. The Hall–Kier alpha value is -2.50. The molecule has 6 nitrogen and oxygen atoms in total. The van der Waals surface area contributed by atoms with Crippen molar-refractivity contribution in [1.29, 1.82) is 0 Å². The molecule has 0 atom stereocenters. The second kappa shape index (κ2) is 7.02. The number of H-pyrrole nitrogens is 1. The first kappa shape index (κ1) is 18.3. The van der Waals surface area contributed by atoms with Gasteiger partial charge in [0.25, 0.3) is 11.5 Å². The van der Waals surface area contributed by atoms with Crippen molar-refractivity contribution in [1.82, 2.24) is 10.3 Å². The molecule has 0 spiro atoms. The summed E-state index contributed by atoms with van der Waals surface area (Å²) in [5, 5.41) is 4.35. The van der Waals surface area contributed by atoms with Crippen LogP contribution in [0, 0.1) is 0 Å². The smallest absolute Gasteiger partial charge is 0.268 e. The Bertz CT molecular complexity index is 893. The fourth-order valence-electron chi connectivity index (χ4n) is 3.11. The summed E-state index contributed by atoms with van der Waals surface area (Å²) in [6.07, 6.45) is 2.54. The number of amides is 1. The maximum Gasteiger partial charge on any atom is 0.268 e. The van der Waals surface area contributed by atoms with E-state index in [1.54, 1.807) is 6.07 Å². The van der Waals surface area contributed by atoms with Crippen molar-refractivity contribution in [2.45, 2.75) is 52.5 Å². The predicted molar refractivity (Wildman–Crippen MR) is 101 cm³/mol. The molecule has 2 heterocycles. The molecule has 26 heavy (non-hydrogen) atoms. The normalized spacial score (nSPS) is 13.7. The average Bonchev–Trinajstić information content (AvgIpc) is 2.57. The van der Waals surface area contributed by atoms with Crippen LogP contribution in [0.5, 0.6) is 11.5 Å². The Morgan fingerprint density at radius 1 is 1.15 bits per heavy atom. The van der Waals surface area contributed by atoms with Gasteiger partial charge in [0.05, 0.1) is 0 Å². The summed E-state index contributed by atoms with van der Waals surface area (Å²) < 4.78 is 11.3. The van der Waals surface area contributed by atoms with Gasteiger partial charge >= 0.3 is 0 Å². The number of ether oxygens (including phenoxy) is 2. The topological polar surface area (TPSA) is 80.4 Å². The molecule has 6 heteroatoms. The molecule has 1 aromatic carbocycles. The SMILES string of the molecule is CCCCc1c(=O)[nH]c(C(=O)NC(C)(C)C)c2cc3c(cc12)OCCO3. The summed E-state index contributed by atoms with van der Waals surface area (Å²) in [7, 11) is 0. The van der Waals surface area contributed by atoms with Crippen molar-refractivity contribution in [3.63, 3.8) is 0 Å². The lowest BCUT2D eigenvalue weighted by molar-refractivity contribution is 0.0916. The Balaban J connectivity index is 2.22. The number of nitrogens with one attached hydrogen (secondary N) is 2. The first-order valence-electron chi connectivity index (χ1n) is 9.11. The molecule has 3 rings (SSSR count). The minimum Gasteiger partial charge on any atom is -0.486 e. The van der Waals surface area contributed by atoms with Gasteiger partial charge in [0.15, 0.2) is 11.5 Å². The number of aryl methyl sites for hydroxylation is 1. The maximum absolute atomic E-state index is 12.8. The van der Waals surface area contributed by atoms with Gasteiger partial charge in [-0.3, -0.25) is 9.59 Å². The number of aromatic amines is 1. The van der Waals surface area contributed by atoms with Crippen LogP contribution in [-0.2, 0) is 6.42 Å². The highest BCUT2D eigenvalue weighted by atomic mass is 16.6. The van der Waals surface area contributed by atoms with Crippen LogP contribution in [0.25, 0.3) is 10.8 Å². The van der Waals surface area contributed by atoms with Crippen molar-refractivity contribution in [2.75, 3.05) is 13.2 Å². The summed E-state index contributed by atoms with van der Waals surface area (Å²) in [5.41, 5.74) is 0.319. The van der Waals surface area contributed by atoms with Crippen LogP contribution in [0.3, 0.4) is 0 Å². The monoisotopic (exact) mass is 358 g/mol. The van der Waals surface area contributed by atoms with Crippen molar-refractivity contribution >= 4 is 16.7 Å². The summed E-state index contributed by atoms with van der Waals surface area (Å²) >= 11 is 0. The number of carbonyl (C=O) groups excluding carboxylic acids is 1. The first-order valence-corrected chi connectivity index (χ1v) is 9.11. The number of hydrogen-bond donors (Lipinski definition) is 2. The van der Waals surface area contributed by atoms with Crippen LogP contribution >= 0.6 is 0 Å². The molecular formula is C20H26N2O4. The lowest BCUT2D eigenvalue weighted by atomic mass is 9.99. The summed E-state index contributed by atoms with van der Waals surface area (Å²) in [4.78, 5) is 28.3. The molecule has 0 saturated carbocycles. The first-order chi connectivity index (χ1) is 12.3. The second-order valence-corrected chi connectivity index (χ2v) is 7.66. The van der Waals surface area contributed by atoms with Crippen LogP contribution in [-0.4, -0.2) is 29.6 Å². The highest BCUT2D eigenvalue weighted by Crippen LogP contribution is 2.36. The summed E-state index contributed by atoms with van der Waals surface area (Å²) in [5.74, 6) is 0.912. The molecule has 1 aromatic heterocycles. The van der Waals surface area contributed by atoms with E-state index < -0.39 is 5.54 Å². The van der Waals surface area contributed by atoms with Gasteiger partial charge in [0.1, 0.15) is 18.9 Å². The quantitative estimate of drug-likeness (QED) is 0.880. The van der Waals surface area contributed by atoms with E-state index in [4.69, 9.17) is 9.47 Å². The van der Waals surface area contributed by atoms with Gasteiger partial charge in [0, 0.05) is 16.5 Å². The van der Waals surface area contributed by atoms with Gasteiger partial charge < -0.3 is 19.8 Å². The molecule has 0 saturated heterocycles. The zero-order chi connectivity index (χ0) is 18.9. The number of rotatable bonds is 4. The lowest BCUT2D eigenvalue weighted by Crippen LogP contribution is -2.41. The van der Waals surface area contributed by atoms with E-state index in [0.29, 0.717) is 42.1 Å². The number of hydrogen-bond acceptors (Lipinski definition) is 4. The van der Waals surface area contributed by atoms with Gasteiger partial charge in [-0.1, -0.05) is 13.3 Å². The van der Waals surface area contributed by atoms with Crippen LogP contribution < -0.4 is 20.3 Å². The minimum absolute atomic E-state index is 0.221. The molecule has 0 fully saturated rings. The fourth-order valence-corrected chi connectivity index (χ4v) is 3.11. The van der Waals surface area contributed by atoms with E-state index in [-0.39, 0.29) is 17.2 Å². The largest absolute Gasteiger partial charge is 0.486 e. The molecule has 0 radical (unpaired) electrons. The summed E-state index contributed by atoms with van der Waals surface area (Å²) in [6.45, 7) is 8.73. The number of benzene rings is 1. The average molecular weight is 358 g/mol. The van der Waals surface area contributed by atoms with Crippen LogP contribution in [0.1, 0.15) is 56.6 Å². The Morgan fingerprint density at radius 3 is 2.35 bits per heavy atom. The Labute approximate surface area is 152 Å². The van der Waals surface area contributed by atoms with E-state index in [2.05, 4.69) is 17.2 Å². The minimum atomic E-state index is -0.408. The molecule has 140 valence electrons. The summed E-state index contributed by atoms with van der Waals surface area (Å²) in [6, 6.07) is 3.63. The standard InChI is InChI=1S/C20H26N2O4/c1-5-6-7-12-13-10-15-16(26-9-8-25-15)11-14(13)17(21-18(12)23)19(24)22-20(2,3)4/h10-11H,5-9H2,1-4H3,(H,21,23)(H,22,24). The number of aromatic nitrogens is 1. The van der Waals surface area contributed by atoms with Gasteiger partial charge in [-0.05, 0) is 51.1 Å². The molecule has 1 aliphatic rings. The van der Waals surface area contributed by atoms with Gasteiger partial charge in [-0.25, -0.2) is 0 Å².